The molecule has 8 heteroatoms. The quantitative estimate of drug-likeness (QED) is 0.830. The first-order valence-electron chi connectivity index (χ1n) is 7.31. The number of carbonyl (C=O) groups is 2. The molecule has 1 atom stereocenters. The highest BCUT2D eigenvalue weighted by Gasteiger charge is 2.43. The third kappa shape index (κ3) is 3.74. The maximum Gasteiger partial charge on any atom is 0.330 e. The first-order valence-corrected chi connectivity index (χ1v) is 9.72. The molecule has 24 heavy (non-hydrogen) atoms. The van der Waals surface area contributed by atoms with Crippen LogP contribution in [0, 0.1) is 0 Å². The summed E-state index contributed by atoms with van der Waals surface area (Å²) in [6.45, 7) is 0. The molecule has 2 N–H and O–H groups in total. The molecule has 2 heterocycles. The maximum atomic E-state index is 12.2. The van der Waals surface area contributed by atoms with Crippen molar-refractivity contribution in [1.82, 2.24) is 10.3 Å². The Bertz CT molecular complexity index is 755. The van der Waals surface area contributed by atoms with Gasteiger partial charge >= 0.3 is 5.97 Å². The van der Waals surface area contributed by atoms with Gasteiger partial charge in [-0.15, -0.1) is 11.3 Å². The molecule has 126 valence electrons. The minimum absolute atomic E-state index is 0.0732. The van der Waals surface area contributed by atoms with Crippen molar-refractivity contribution in [2.45, 2.75) is 18.4 Å². The van der Waals surface area contributed by atoms with E-state index >= 15 is 0 Å². The lowest BCUT2D eigenvalue weighted by Crippen LogP contribution is -2.55. The Kier molecular flexibility index (Phi) is 5.12. The number of amides is 1. The van der Waals surface area contributed by atoms with E-state index in [-0.39, 0.29) is 12.3 Å². The van der Waals surface area contributed by atoms with Crippen molar-refractivity contribution in [3.8, 4) is 10.6 Å². The first kappa shape index (κ1) is 17.3. The van der Waals surface area contributed by atoms with Gasteiger partial charge in [-0.2, -0.15) is 11.8 Å². The summed E-state index contributed by atoms with van der Waals surface area (Å²) >= 11 is 8.86. The summed E-state index contributed by atoms with van der Waals surface area (Å²) in [5, 5.41) is 15.4. The zero-order valence-electron chi connectivity index (χ0n) is 12.6. The van der Waals surface area contributed by atoms with E-state index in [0.717, 1.165) is 16.3 Å². The highest BCUT2D eigenvalue weighted by atomic mass is 35.5. The van der Waals surface area contributed by atoms with Crippen molar-refractivity contribution in [2.75, 3.05) is 11.5 Å². The number of carbonyl (C=O) groups excluding carboxylic acids is 1. The van der Waals surface area contributed by atoms with Gasteiger partial charge in [0, 0.05) is 21.7 Å². The molecule has 1 aromatic carbocycles. The molecular weight excluding hydrogens is 368 g/mol. The summed E-state index contributed by atoms with van der Waals surface area (Å²) in [5.41, 5.74) is 0.426. The topological polar surface area (TPSA) is 79.3 Å². The molecule has 0 spiro atoms. The second kappa shape index (κ2) is 7.13. The molecule has 5 nitrogen and oxygen atoms in total. The van der Waals surface area contributed by atoms with Crippen LogP contribution in [0.1, 0.15) is 12.1 Å². The van der Waals surface area contributed by atoms with Crippen LogP contribution in [0.2, 0.25) is 5.02 Å². The third-order valence-electron chi connectivity index (χ3n) is 3.79. The molecule has 1 fully saturated rings. The second-order valence-corrected chi connectivity index (χ2v) is 7.97. The number of aromatic nitrogens is 1. The largest absolute Gasteiger partial charge is 0.479 e. The Labute approximate surface area is 152 Å². The van der Waals surface area contributed by atoms with E-state index in [9.17, 15) is 14.7 Å². The fourth-order valence-electron chi connectivity index (χ4n) is 2.47. The standard InChI is InChI=1S/C16H15ClN2O3S2/c17-11-3-1-10(2-4-11)14-18-12(8-24-14)7-13(20)19-16(15(21)22)5-6-23-9-16/h1-4,8H,5-7,9H2,(H,19,20)(H,21,22). The number of halogens is 1. The molecule has 1 aliphatic rings. The van der Waals surface area contributed by atoms with E-state index in [4.69, 9.17) is 11.6 Å². The van der Waals surface area contributed by atoms with Gasteiger partial charge in [0.1, 0.15) is 10.5 Å². The lowest BCUT2D eigenvalue weighted by Gasteiger charge is -2.24. The molecule has 3 rings (SSSR count). The number of hydrogen-bond acceptors (Lipinski definition) is 5. The van der Waals surface area contributed by atoms with Gasteiger partial charge in [-0.25, -0.2) is 9.78 Å². The molecule has 1 aromatic heterocycles. The van der Waals surface area contributed by atoms with Gasteiger partial charge in [0.2, 0.25) is 5.91 Å². The van der Waals surface area contributed by atoms with Crippen LogP contribution in [-0.2, 0) is 16.0 Å². The summed E-state index contributed by atoms with van der Waals surface area (Å²) in [4.78, 5) is 28.2. The van der Waals surface area contributed by atoms with Gasteiger partial charge in [0.25, 0.3) is 0 Å². The number of nitrogens with zero attached hydrogens (tertiary/aromatic N) is 1. The molecule has 1 unspecified atom stereocenters. The Morgan fingerprint density at radius 2 is 2.08 bits per heavy atom. The number of aliphatic carboxylic acids is 1. The number of benzene rings is 1. The second-order valence-electron chi connectivity index (χ2n) is 5.57. The monoisotopic (exact) mass is 382 g/mol. The van der Waals surface area contributed by atoms with Crippen molar-refractivity contribution < 1.29 is 14.7 Å². The number of thiazole rings is 1. The van der Waals surface area contributed by atoms with Crippen LogP contribution >= 0.6 is 34.7 Å². The van der Waals surface area contributed by atoms with Crippen molar-refractivity contribution >= 4 is 46.6 Å². The number of carboxylic acids is 1. The molecular formula is C16H15ClN2O3S2. The lowest BCUT2D eigenvalue weighted by atomic mass is 9.99. The smallest absolute Gasteiger partial charge is 0.330 e. The van der Waals surface area contributed by atoms with Gasteiger partial charge in [0.15, 0.2) is 0 Å². The van der Waals surface area contributed by atoms with E-state index in [1.54, 1.807) is 23.9 Å². The molecule has 0 saturated carbocycles. The predicted octanol–water partition coefficient (Wildman–Crippen LogP) is 3.08. The van der Waals surface area contributed by atoms with E-state index in [1.165, 1.54) is 11.3 Å². The molecule has 0 bridgehead atoms. The summed E-state index contributed by atoms with van der Waals surface area (Å²) in [7, 11) is 0. The van der Waals surface area contributed by atoms with Gasteiger partial charge in [0.05, 0.1) is 12.1 Å². The van der Waals surface area contributed by atoms with E-state index < -0.39 is 11.5 Å². The maximum absolute atomic E-state index is 12.2. The number of nitrogens with one attached hydrogen (secondary N) is 1. The SMILES string of the molecule is O=C(Cc1csc(-c2ccc(Cl)cc2)n1)NC1(C(=O)O)CCSC1. The Morgan fingerprint density at radius 1 is 1.33 bits per heavy atom. The normalized spacial score (nSPS) is 20.0. The Hall–Kier alpha value is -1.57. The van der Waals surface area contributed by atoms with E-state index in [0.29, 0.717) is 22.9 Å². The van der Waals surface area contributed by atoms with Gasteiger partial charge < -0.3 is 10.4 Å². The molecule has 0 aliphatic carbocycles. The summed E-state index contributed by atoms with van der Waals surface area (Å²) in [6.07, 6.45) is 0.523. The van der Waals surface area contributed by atoms with Crippen molar-refractivity contribution in [2.24, 2.45) is 0 Å². The zero-order valence-corrected chi connectivity index (χ0v) is 15.0. The van der Waals surface area contributed by atoms with E-state index in [2.05, 4.69) is 10.3 Å². The van der Waals surface area contributed by atoms with Crippen LogP contribution in [0.4, 0.5) is 0 Å². The molecule has 0 radical (unpaired) electrons. The minimum Gasteiger partial charge on any atom is -0.479 e. The minimum atomic E-state index is -1.14. The molecule has 1 aliphatic heterocycles. The molecule has 1 amide bonds. The summed E-state index contributed by atoms with van der Waals surface area (Å²) in [6, 6.07) is 7.33. The Balaban J connectivity index is 1.67. The van der Waals surface area contributed by atoms with Crippen molar-refractivity contribution in [1.29, 1.82) is 0 Å². The molecule has 2 aromatic rings. The Morgan fingerprint density at radius 3 is 2.71 bits per heavy atom. The number of rotatable bonds is 5. The number of thioether (sulfide) groups is 1. The van der Waals surface area contributed by atoms with Crippen LogP contribution in [-0.4, -0.2) is 39.0 Å². The number of carboxylic acid groups (broad SMARTS) is 1. The van der Waals surface area contributed by atoms with Crippen molar-refractivity contribution in [3.05, 3.63) is 40.4 Å². The average molecular weight is 383 g/mol. The van der Waals surface area contributed by atoms with Crippen molar-refractivity contribution in [3.63, 3.8) is 0 Å². The fourth-order valence-corrected chi connectivity index (χ4v) is 4.75. The van der Waals surface area contributed by atoms with E-state index in [1.807, 2.05) is 17.5 Å². The van der Waals surface area contributed by atoms with Crippen LogP contribution in [0.3, 0.4) is 0 Å². The predicted molar refractivity (Wildman–Crippen MR) is 96.7 cm³/mol. The summed E-state index contributed by atoms with van der Waals surface area (Å²) < 4.78 is 0. The molecule has 1 saturated heterocycles. The van der Waals surface area contributed by atoms with Gasteiger partial charge in [-0.1, -0.05) is 23.7 Å². The lowest BCUT2D eigenvalue weighted by molar-refractivity contribution is -0.146. The zero-order chi connectivity index (χ0) is 17.2. The average Bonchev–Trinajstić information content (AvgIpc) is 3.18. The van der Waals surface area contributed by atoms with Gasteiger partial charge in [-0.05, 0) is 24.3 Å². The highest BCUT2D eigenvalue weighted by molar-refractivity contribution is 7.99. The van der Waals surface area contributed by atoms with Crippen LogP contribution in [0.5, 0.6) is 0 Å². The third-order valence-corrected chi connectivity index (χ3v) is 6.18. The summed E-state index contributed by atoms with van der Waals surface area (Å²) in [5.74, 6) is -0.139. The van der Waals surface area contributed by atoms with Gasteiger partial charge in [-0.3, -0.25) is 4.79 Å². The van der Waals surface area contributed by atoms with Crippen LogP contribution < -0.4 is 5.32 Å². The van der Waals surface area contributed by atoms with Crippen LogP contribution in [0.25, 0.3) is 10.6 Å². The number of hydrogen-bond donors (Lipinski definition) is 2. The highest BCUT2D eigenvalue weighted by Crippen LogP contribution is 2.29. The first-order chi connectivity index (χ1) is 11.5. The fraction of sp³-hybridized carbons (Fsp3) is 0.312. The van der Waals surface area contributed by atoms with Crippen LogP contribution in [0.15, 0.2) is 29.6 Å².